The third kappa shape index (κ3) is 3.53. The van der Waals surface area contributed by atoms with Crippen LogP contribution in [0.15, 0.2) is 54.6 Å². The molecule has 124 valence electrons. The summed E-state index contributed by atoms with van der Waals surface area (Å²) in [7, 11) is 0. The zero-order valence-corrected chi connectivity index (χ0v) is 13.1. The second kappa shape index (κ2) is 7.12. The number of ether oxygens (including phenoxy) is 1. The van der Waals surface area contributed by atoms with Crippen molar-refractivity contribution in [1.29, 1.82) is 0 Å². The van der Waals surface area contributed by atoms with Crippen molar-refractivity contribution in [2.24, 2.45) is 0 Å². The standard InChI is InChI=1S/C18H18N2O4/c21-18(13-24-16-10-8-15(9-11-16)20(22)23)19-12-4-7-17(19)14-5-2-1-3-6-14/h1-3,5-6,8-11,17H,4,7,12-13H2. The van der Waals surface area contributed by atoms with Gasteiger partial charge >= 0.3 is 0 Å². The lowest BCUT2D eigenvalue weighted by Crippen LogP contribution is -2.34. The molecule has 2 aromatic carbocycles. The number of nitro groups is 1. The molecule has 2 aromatic rings. The van der Waals surface area contributed by atoms with Crippen LogP contribution in [0.1, 0.15) is 24.4 Å². The van der Waals surface area contributed by atoms with Crippen LogP contribution in [0.3, 0.4) is 0 Å². The van der Waals surface area contributed by atoms with E-state index in [1.165, 1.54) is 24.3 Å². The molecule has 0 spiro atoms. The topological polar surface area (TPSA) is 72.7 Å². The second-order valence-corrected chi connectivity index (χ2v) is 5.70. The molecule has 0 saturated carbocycles. The molecule has 6 heteroatoms. The van der Waals surface area contributed by atoms with E-state index in [2.05, 4.69) is 0 Å². The van der Waals surface area contributed by atoms with Crippen molar-refractivity contribution in [1.82, 2.24) is 4.90 Å². The van der Waals surface area contributed by atoms with Gasteiger partial charge in [0.25, 0.3) is 11.6 Å². The minimum absolute atomic E-state index is 0.00244. The number of rotatable bonds is 5. The molecule has 1 atom stereocenters. The molecule has 1 aliphatic rings. The average molecular weight is 326 g/mol. The first-order valence-corrected chi connectivity index (χ1v) is 7.87. The summed E-state index contributed by atoms with van der Waals surface area (Å²) in [6.45, 7) is 0.656. The molecule has 24 heavy (non-hydrogen) atoms. The molecule has 1 unspecified atom stereocenters. The minimum Gasteiger partial charge on any atom is -0.484 e. The summed E-state index contributed by atoms with van der Waals surface area (Å²) in [5.74, 6) is 0.379. The normalized spacial score (nSPS) is 16.8. The van der Waals surface area contributed by atoms with Gasteiger partial charge in [0.1, 0.15) is 5.75 Å². The predicted octanol–water partition coefficient (Wildman–Crippen LogP) is 3.34. The van der Waals surface area contributed by atoms with E-state index in [4.69, 9.17) is 4.74 Å². The highest BCUT2D eigenvalue weighted by Crippen LogP contribution is 2.31. The molecule has 0 aliphatic carbocycles. The molecule has 1 fully saturated rings. The third-order valence-corrected chi connectivity index (χ3v) is 4.17. The van der Waals surface area contributed by atoms with E-state index in [9.17, 15) is 14.9 Å². The first-order valence-electron chi connectivity index (χ1n) is 7.87. The Hall–Kier alpha value is -2.89. The van der Waals surface area contributed by atoms with Crippen LogP contribution in [0, 0.1) is 10.1 Å². The van der Waals surface area contributed by atoms with E-state index in [0.717, 1.165) is 24.9 Å². The van der Waals surface area contributed by atoms with Gasteiger partial charge in [-0.15, -0.1) is 0 Å². The van der Waals surface area contributed by atoms with Crippen molar-refractivity contribution in [2.75, 3.05) is 13.2 Å². The van der Waals surface area contributed by atoms with Gasteiger partial charge in [0, 0.05) is 18.7 Å². The lowest BCUT2D eigenvalue weighted by molar-refractivity contribution is -0.384. The summed E-state index contributed by atoms with van der Waals surface area (Å²) in [5.41, 5.74) is 1.14. The van der Waals surface area contributed by atoms with Crippen molar-refractivity contribution < 1.29 is 14.5 Å². The minimum atomic E-state index is -0.469. The number of nitrogens with zero attached hydrogens (tertiary/aromatic N) is 2. The number of carbonyl (C=O) groups excluding carboxylic acids is 1. The second-order valence-electron chi connectivity index (χ2n) is 5.70. The Labute approximate surface area is 139 Å². The Balaban J connectivity index is 1.61. The largest absolute Gasteiger partial charge is 0.484 e. The van der Waals surface area contributed by atoms with Crippen molar-refractivity contribution >= 4 is 11.6 Å². The number of amides is 1. The van der Waals surface area contributed by atoms with E-state index < -0.39 is 4.92 Å². The van der Waals surface area contributed by atoms with Crippen LogP contribution < -0.4 is 4.74 Å². The molecular weight excluding hydrogens is 308 g/mol. The Morgan fingerprint density at radius 2 is 1.88 bits per heavy atom. The smallest absolute Gasteiger partial charge is 0.269 e. The number of likely N-dealkylation sites (tertiary alicyclic amines) is 1. The lowest BCUT2D eigenvalue weighted by Gasteiger charge is -2.25. The quantitative estimate of drug-likeness (QED) is 0.624. The number of nitro benzene ring substituents is 1. The van der Waals surface area contributed by atoms with E-state index in [-0.39, 0.29) is 24.2 Å². The monoisotopic (exact) mass is 326 g/mol. The van der Waals surface area contributed by atoms with Gasteiger partial charge in [0.15, 0.2) is 6.61 Å². The third-order valence-electron chi connectivity index (χ3n) is 4.17. The highest BCUT2D eigenvalue weighted by atomic mass is 16.6. The first-order chi connectivity index (χ1) is 11.6. The van der Waals surface area contributed by atoms with Gasteiger partial charge in [-0.25, -0.2) is 0 Å². The fourth-order valence-corrected chi connectivity index (χ4v) is 2.98. The molecular formula is C18H18N2O4. The van der Waals surface area contributed by atoms with Crippen LogP contribution in [-0.4, -0.2) is 28.9 Å². The maximum atomic E-state index is 12.5. The average Bonchev–Trinajstić information content (AvgIpc) is 3.10. The molecule has 0 bridgehead atoms. The summed E-state index contributed by atoms with van der Waals surface area (Å²) in [5, 5.41) is 10.6. The molecule has 0 N–H and O–H groups in total. The Bertz CT molecular complexity index is 716. The highest BCUT2D eigenvalue weighted by molar-refractivity contribution is 5.78. The number of hydrogen-bond acceptors (Lipinski definition) is 4. The van der Waals surface area contributed by atoms with Crippen molar-refractivity contribution in [3.63, 3.8) is 0 Å². The maximum Gasteiger partial charge on any atom is 0.269 e. The number of carbonyl (C=O) groups is 1. The van der Waals surface area contributed by atoms with Crippen LogP contribution in [0.25, 0.3) is 0 Å². The van der Waals surface area contributed by atoms with Crippen molar-refractivity contribution in [3.8, 4) is 5.75 Å². The molecule has 0 radical (unpaired) electrons. The SMILES string of the molecule is O=C(COc1ccc([N+](=O)[O-])cc1)N1CCCC1c1ccccc1. The number of hydrogen-bond donors (Lipinski definition) is 0. The van der Waals surface area contributed by atoms with Crippen LogP contribution >= 0.6 is 0 Å². The lowest BCUT2D eigenvalue weighted by atomic mass is 10.0. The Morgan fingerprint density at radius 3 is 2.54 bits per heavy atom. The fourth-order valence-electron chi connectivity index (χ4n) is 2.98. The van der Waals surface area contributed by atoms with Gasteiger partial charge in [0.2, 0.25) is 0 Å². The Morgan fingerprint density at radius 1 is 1.17 bits per heavy atom. The molecule has 6 nitrogen and oxygen atoms in total. The van der Waals surface area contributed by atoms with Crippen LogP contribution in [0.2, 0.25) is 0 Å². The summed E-state index contributed by atoms with van der Waals surface area (Å²) in [4.78, 5) is 24.5. The Kier molecular flexibility index (Phi) is 4.74. The summed E-state index contributed by atoms with van der Waals surface area (Å²) in [6, 6.07) is 15.8. The summed E-state index contributed by atoms with van der Waals surface area (Å²) in [6.07, 6.45) is 1.93. The molecule has 1 aliphatic heterocycles. The fraction of sp³-hybridized carbons (Fsp3) is 0.278. The van der Waals surface area contributed by atoms with Crippen molar-refractivity contribution in [3.05, 3.63) is 70.3 Å². The van der Waals surface area contributed by atoms with Gasteiger partial charge in [-0.1, -0.05) is 30.3 Å². The van der Waals surface area contributed by atoms with Crippen LogP contribution in [0.4, 0.5) is 5.69 Å². The summed E-state index contributed by atoms with van der Waals surface area (Å²) < 4.78 is 5.49. The van der Waals surface area contributed by atoms with Gasteiger partial charge < -0.3 is 9.64 Å². The van der Waals surface area contributed by atoms with Crippen LogP contribution in [0.5, 0.6) is 5.75 Å². The van der Waals surface area contributed by atoms with Gasteiger partial charge in [-0.05, 0) is 30.5 Å². The molecule has 1 heterocycles. The van der Waals surface area contributed by atoms with E-state index in [0.29, 0.717) is 5.75 Å². The van der Waals surface area contributed by atoms with E-state index in [1.807, 2.05) is 35.2 Å². The zero-order valence-electron chi connectivity index (χ0n) is 13.1. The highest BCUT2D eigenvalue weighted by Gasteiger charge is 2.29. The molecule has 3 rings (SSSR count). The van der Waals surface area contributed by atoms with Gasteiger partial charge in [-0.2, -0.15) is 0 Å². The van der Waals surface area contributed by atoms with Gasteiger partial charge in [-0.3, -0.25) is 14.9 Å². The zero-order chi connectivity index (χ0) is 16.9. The van der Waals surface area contributed by atoms with E-state index in [1.54, 1.807) is 0 Å². The molecule has 1 amide bonds. The number of non-ortho nitro benzene ring substituents is 1. The molecule has 0 aromatic heterocycles. The van der Waals surface area contributed by atoms with Crippen molar-refractivity contribution in [2.45, 2.75) is 18.9 Å². The predicted molar refractivity (Wildman–Crippen MR) is 88.7 cm³/mol. The first kappa shape index (κ1) is 16.0. The van der Waals surface area contributed by atoms with Gasteiger partial charge in [0.05, 0.1) is 11.0 Å². The van der Waals surface area contributed by atoms with Crippen LogP contribution in [-0.2, 0) is 4.79 Å². The molecule has 1 saturated heterocycles. The maximum absolute atomic E-state index is 12.5. The summed E-state index contributed by atoms with van der Waals surface area (Å²) >= 11 is 0. The van der Waals surface area contributed by atoms with E-state index >= 15 is 0 Å². The number of benzene rings is 2.